The molecule has 8 heteroatoms. The van der Waals surface area contributed by atoms with Crippen LogP contribution < -0.4 is 5.32 Å². The van der Waals surface area contributed by atoms with Crippen LogP contribution in [0, 0.1) is 0 Å². The molecule has 1 aromatic rings. The first-order chi connectivity index (χ1) is 15.6. The maximum atomic E-state index is 12.6. The van der Waals surface area contributed by atoms with Gasteiger partial charge in [-0.2, -0.15) is 0 Å². The van der Waals surface area contributed by atoms with E-state index in [1.54, 1.807) is 35.7 Å². The number of hydrogen-bond donors (Lipinski definition) is 1. The average Bonchev–Trinajstić information content (AvgIpc) is 2.80. The lowest BCUT2D eigenvalue weighted by Crippen LogP contribution is -2.33. The highest BCUT2D eigenvalue weighted by atomic mass is 79.9. The summed E-state index contributed by atoms with van der Waals surface area (Å²) < 4.78 is 12.5. The number of hydrogen-bond acceptors (Lipinski definition) is 6. The summed E-state index contributed by atoms with van der Waals surface area (Å²) in [6.07, 6.45) is 14.0. The highest BCUT2D eigenvalue weighted by Gasteiger charge is 2.24. The number of allylic oxidation sites excluding steroid dienone is 4. The lowest BCUT2D eigenvalue weighted by molar-refractivity contribution is 0.0977. The molecule has 32 heavy (non-hydrogen) atoms. The van der Waals surface area contributed by atoms with Gasteiger partial charge in [0, 0.05) is 21.9 Å². The summed E-state index contributed by atoms with van der Waals surface area (Å²) in [5, 5.41) is 11.5. The van der Waals surface area contributed by atoms with E-state index in [2.05, 4.69) is 51.2 Å². The van der Waals surface area contributed by atoms with Gasteiger partial charge in [-0.05, 0) is 31.0 Å². The largest absolute Gasteiger partial charge is 0.465 e. The highest BCUT2D eigenvalue weighted by molar-refractivity contribution is 9.10. The first-order valence-electron chi connectivity index (χ1n) is 10.1. The molecule has 0 saturated carbocycles. The summed E-state index contributed by atoms with van der Waals surface area (Å²) in [6.45, 7) is 4.26. The van der Waals surface area contributed by atoms with Crippen LogP contribution in [0.15, 0.2) is 105 Å². The normalized spacial score (nSPS) is 17.7. The predicted molar refractivity (Wildman–Crippen MR) is 131 cm³/mol. The molecule has 0 aromatic heterocycles. The van der Waals surface area contributed by atoms with Gasteiger partial charge in [0.2, 0.25) is 0 Å². The van der Waals surface area contributed by atoms with Crippen molar-refractivity contribution in [2.45, 2.75) is 19.3 Å². The van der Waals surface area contributed by atoms with Crippen molar-refractivity contribution in [3.63, 3.8) is 0 Å². The van der Waals surface area contributed by atoms with E-state index >= 15 is 0 Å². The molecule has 3 aliphatic rings. The van der Waals surface area contributed by atoms with Crippen LogP contribution in [0.4, 0.5) is 0 Å². The van der Waals surface area contributed by atoms with Crippen molar-refractivity contribution in [3.8, 4) is 0 Å². The van der Waals surface area contributed by atoms with Crippen molar-refractivity contribution in [1.29, 1.82) is 0 Å². The number of halogens is 1. The molecule has 4 rings (SSSR count). The molecule has 164 valence electrons. The Kier molecular flexibility index (Phi) is 7.34. The fourth-order valence-electron chi connectivity index (χ4n) is 3.23. The van der Waals surface area contributed by atoms with E-state index in [0.29, 0.717) is 29.5 Å². The monoisotopic (exact) mass is 511 g/mol. The summed E-state index contributed by atoms with van der Waals surface area (Å²) in [7, 11) is 0. The Labute approximate surface area is 199 Å². The molecule has 1 amide bonds. The standard InChI is InChI=1S/C24H22BrN3O3S/c1-2-11-28-21(22-15-30-14-20(31-22)12-17-7-4-3-5-8-17)16-32-24(27-28)26-23(29)18-9-6-10-19(25)13-18/h2-4,6-7,9-10,13-16H,1,5,8,11-12H2,(H,26,27,29). The number of carbonyl (C=O) groups excluding carboxylic acids is 1. The van der Waals surface area contributed by atoms with Gasteiger partial charge >= 0.3 is 0 Å². The molecule has 0 radical (unpaired) electrons. The second-order valence-electron chi connectivity index (χ2n) is 7.13. The van der Waals surface area contributed by atoms with E-state index in [1.165, 1.54) is 17.3 Å². The Morgan fingerprint density at radius 2 is 2.28 bits per heavy atom. The first kappa shape index (κ1) is 22.2. The lowest BCUT2D eigenvalue weighted by Gasteiger charge is -2.28. The number of amidine groups is 1. The fraction of sp³-hybridized carbons (Fsp3) is 0.167. The number of benzene rings is 1. The molecule has 1 aromatic carbocycles. The molecule has 0 bridgehead atoms. The molecule has 1 N–H and O–H groups in total. The highest BCUT2D eigenvalue weighted by Crippen LogP contribution is 2.32. The van der Waals surface area contributed by atoms with Gasteiger partial charge < -0.3 is 9.47 Å². The van der Waals surface area contributed by atoms with Gasteiger partial charge in [0.1, 0.15) is 24.0 Å². The summed E-state index contributed by atoms with van der Waals surface area (Å²) in [5.41, 5.74) is 2.58. The molecular weight excluding hydrogens is 490 g/mol. The Morgan fingerprint density at radius 3 is 3.06 bits per heavy atom. The van der Waals surface area contributed by atoms with Crippen LogP contribution >= 0.6 is 27.7 Å². The number of carbonyl (C=O) groups is 1. The Hall–Kier alpha value is -2.97. The van der Waals surface area contributed by atoms with Crippen molar-refractivity contribution in [3.05, 3.63) is 106 Å². The van der Waals surface area contributed by atoms with Crippen LogP contribution in [-0.2, 0) is 9.47 Å². The zero-order valence-electron chi connectivity index (χ0n) is 17.3. The van der Waals surface area contributed by atoms with Gasteiger partial charge in [-0.25, -0.2) is 0 Å². The molecule has 6 nitrogen and oxygen atoms in total. The average molecular weight is 512 g/mol. The van der Waals surface area contributed by atoms with Gasteiger partial charge in [-0.1, -0.05) is 63.6 Å². The summed E-state index contributed by atoms with van der Waals surface area (Å²) in [4.78, 5) is 12.6. The van der Waals surface area contributed by atoms with E-state index < -0.39 is 0 Å². The molecule has 0 spiro atoms. The second kappa shape index (κ2) is 10.6. The molecule has 2 aliphatic heterocycles. The van der Waals surface area contributed by atoms with E-state index in [1.807, 2.05) is 17.5 Å². The molecule has 2 heterocycles. The Morgan fingerprint density at radius 1 is 1.38 bits per heavy atom. The molecule has 0 saturated heterocycles. The molecule has 1 aliphatic carbocycles. The van der Waals surface area contributed by atoms with Gasteiger partial charge in [0.05, 0.1) is 6.54 Å². The van der Waals surface area contributed by atoms with Crippen LogP contribution in [-0.4, -0.2) is 22.6 Å². The van der Waals surface area contributed by atoms with E-state index in [9.17, 15) is 4.79 Å². The maximum Gasteiger partial charge on any atom is 0.257 e. The number of nitrogens with one attached hydrogen (secondary N) is 1. The number of ether oxygens (including phenoxy) is 2. The van der Waals surface area contributed by atoms with Gasteiger partial charge in [-0.3, -0.25) is 15.1 Å². The molecule has 0 atom stereocenters. The minimum Gasteiger partial charge on any atom is -0.465 e. The minimum atomic E-state index is -0.232. The topological polar surface area (TPSA) is 63.2 Å². The number of nitrogens with zero attached hydrogens (tertiary/aromatic N) is 2. The Balaban J connectivity index is 1.43. The number of thioether (sulfide) groups is 1. The van der Waals surface area contributed by atoms with Crippen LogP contribution in [0.1, 0.15) is 29.6 Å². The molecule has 0 fully saturated rings. The van der Waals surface area contributed by atoms with E-state index in [-0.39, 0.29) is 5.91 Å². The van der Waals surface area contributed by atoms with Gasteiger partial charge in [0.15, 0.2) is 10.9 Å². The summed E-state index contributed by atoms with van der Waals surface area (Å²) in [5.74, 6) is 1.07. The van der Waals surface area contributed by atoms with Crippen molar-refractivity contribution < 1.29 is 14.3 Å². The maximum absolute atomic E-state index is 12.6. The third-order valence-corrected chi connectivity index (χ3v) is 5.99. The quantitative estimate of drug-likeness (QED) is 0.480. The first-order valence-corrected chi connectivity index (χ1v) is 11.8. The predicted octanol–water partition coefficient (Wildman–Crippen LogP) is 5.92. The molecule has 0 unspecified atom stereocenters. The molecular formula is C24H22BrN3O3S. The lowest BCUT2D eigenvalue weighted by atomic mass is 10.0. The van der Waals surface area contributed by atoms with Crippen molar-refractivity contribution in [2.75, 3.05) is 6.54 Å². The van der Waals surface area contributed by atoms with Crippen molar-refractivity contribution in [2.24, 2.45) is 5.10 Å². The number of rotatable bonds is 6. The minimum absolute atomic E-state index is 0.232. The van der Waals surface area contributed by atoms with E-state index in [4.69, 9.17) is 9.47 Å². The number of amides is 1. The summed E-state index contributed by atoms with van der Waals surface area (Å²) in [6, 6.07) is 7.19. The smallest absolute Gasteiger partial charge is 0.257 e. The zero-order chi connectivity index (χ0) is 22.3. The Bertz CT molecular complexity index is 1100. The van der Waals surface area contributed by atoms with Crippen LogP contribution in [0.3, 0.4) is 0 Å². The second-order valence-corrected chi connectivity index (χ2v) is 8.91. The SMILES string of the molecule is C=CCN1N=C(NC(=O)c2cccc(Br)c2)SC=C1C1=COC=C(CC2=CC=CCC2)O1. The van der Waals surface area contributed by atoms with Crippen LogP contribution in [0.2, 0.25) is 0 Å². The third-order valence-electron chi connectivity index (χ3n) is 4.75. The number of hydrazone groups is 1. The van der Waals surface area contributed by atoms with Crippen LogP contribution in [0.25, 0.3) is 0 Å². The van der Waals surface area contributed by atoms with Crippen molar-refractivity contribution >= 4 is 38.8 Å². The fourth-order valence-corrected chi connectivity index (χ4v) is 4.39. The van der Waals surface area contributed by atoms with Crippen LogP contribution in [0.5, 0.6) is 0 Å². The van der Waals surface area contributed by atoms with Crippen molar-refractivity contribution in [1.82, 2.24) is 10.3 Å². The zero-order valence-corrected chi connectivity index (χ0v) is 19.7. The van der Waals surface area contributed by atoms with Gasteiger partial charge in [0.25, 0.3) is 5.91 Å². The summed E-state index contributed by atoms with van der Waals surface area (Å²) >= 11 is 4.70. The van der Waals surface area contributed by atoms with Gasteiger partial charge in [-0.15, -0.1) is 11.7 Å². The van der Waals surface area contributed by atoms with E-state index in [0.717, 1.165) is 28.8 Å². The third kappa shape index (κ3) is 5.63.